The number of aryl methyl sites for hydroxylation is 1. The fourth-order valence-corrected chi connectivity index (χ4v) is 4.81. The Morgan fingerprint density at radius 1 is 1.24 bits per heavy atom. The summed E-state index contributed by atoms with van der Waals surface area (Å²) in [6, 6.07) is 9.87. The second kappa shape index (κ2) is 9.00. The van der Waals surface area contributed by atoms with E-state index in [-0.39, 0.29) is 12.5 Å². The Hall–Kier alpha value is -2.55. The standard InChI is InChI=1S/C25H29N3O4S/c1-15-3-7-18(8-4-15)23-22(24(29)26-2)20-13-19(17-9-10-17)21(27-25(20)32-23)14-28(33(30)31)12-11-16-5-6-16/h3-4,7-8,13,16-17H,5-6,9-12,14H2,1-2H3,(H,26,29)(H,30,31). The Bertz CT molecular complexity index is 1210. The molecule has 2 aliphatic rings. The number of benzene rings is 1. The number of fused-ring (bicyclic) bond motifs is 1. The molecule has 1 atom stereocenters. The van der Waals surface area contributed by atoms with E-state index in [9.17, 15) is 13.6 Å². The van der Waals surface area contributed by atoms with Crippen LogP contribution in [-0.2, 0) is 17.8 Å². The molecule has 0 aliphatic heterocycles. The van der Waals surface area contributed by atoms with Crippen LogP contribution in [0.3, 0.4) is 0 Å². The van der Waals surface area contributed by atoms with E-state index in [0.29, 0.717) is 40.8 Å². The lowest BCUT2D eigenvalue weighted by Gasteiger charge is -2.19. The highest BCUT2D eigenvalue weighted by molar-refractivity contribution is 7.76. The average Bonchev–Trinajstić information content (AvgIpc) is 3.73. The van der Waals surface area contributed by atoms with Gasteiger partial charge in [0.2, 0.25) is 17.0 Å². The molecule has 5 rings (SSSR count). The van der Waals surface area contributed by atoms with Crippen molar-refractivity contribution < 1.29 is 18.0 Å². The summed E-state index contributed by atoms with van der Waals surface area (Å²) in [6.45, 7) is 2.86. The van der Waals surface area contributed by atoms with Crippen molar-refractivity contribution in [2.75, 3.05) is 13.6 Å². The van der Waals surface area contributed by atoms with Crippen LogP contribution >= 0.6 is 0 Å². The molecule has 0 bridgehead atoms. The first kappa shape index (κ1) is 22.3. The van der Waals surface area contributed by atoms with Gasteiger partial charge in [-0.15, -0.1) is 0 Å². The Balaban J connectivity index is 1.59. The molecular formula is C25H29N3O4S. The van der Waals surface area contributed by atoms with Crippen molar-refractivity contribution in [3.05, 3.63) is 52.7 Å². The predicted molar refractivity (Wildman–Crippen MR) is 128 cm³/mol. The fourth-order valence-electron chi connectivity index (χ4n) is 4.32. The maximum atomic E-state index is 12.9. The molecule has 7 nitrogen and oxygen atoms in total. The van der Waals surface area contributed by atoms with Gasteiger partial charge in [0.15, 0.2) is 0 Å². The Morgan fingerprint density at radius 2 is 1.97 bits per heavy atom. The number of nitrogens with one attached hydrogen (secondary N) is 1. The predicted octanol–water partition coefficient (Wildman–Crippen LogP) is 4.78. The van der Waals surface area contributed by atoms with Crippen LogP contribution in [-0.4, -0.2) is 37.6 Å². The Labute approximate surface area is 196 Å². The van der Waals surface area contributed by atoms with E-state index in [4.69, 9.17) is 9.40 Å². The van der Waals surface area contributed by atoms with Crippen LogP contribution in [0.4, 0.5) is 0 Å². The van der Waals surface area contributed by atoms with E-state index < -0.39 is 11.3 Å². The Kier molecular flexibility index (Phi) is 6.07. The highest BCUT2D eigenvalue weighted by Gasteiger charge is 2.32. The summed E-state index contributed by atoms with van der Waals surface area (Å²) in [6.07, 6.45) is 5.46. The quantitative estimate of drug-likeness (QED) is 0.442. The first-order valence-corrected chi connectivity index (χ1v) is 12.6. The number of nitrogens with zero attached hydrogens (tertiary/aromatic N) is 2. The number of carbonyl (C=O) groups excluding carboxylic acids is 1. The molecule has 1 aromatic carbocycles. The molecule has 0 spiro atoms. The van der Waals surface area contributed by atoms with E-state index >= 15 is 0 Å². The first-order chi connectivity index (χ1) is 15.9. The molecule has 2 N–H and O–H groups in total. The third-order valence-corrected chi connectivity index (χ3v) is 7.36. The maximum Gasteiger partial charge on any atom is 0.255 e. The highest BCUT2D eigenvalue weighted by Crippen LogP contribution is 2.44. The smallest absolute Gasteiger partial charge is 0.255 e. The summed E-state index contributed by atoms with van der Waals surface area (Å²) >= 11 is -2.07. The van der Waals surface area contributed by atoms with Crippen LogP contribution < -0.4 is 5.32 Å². The van der Waals surface area contributed by atoms with Crippen LogP contribution in [0.2, 0.25) is 0 Å². The van der Waals surface area contributed by atoms with Gasteiger partial charge in [-0.3, -0.25) is 9.35 Å². The Morgan fingerprint density at radius 3 is 2.58 bits per heavy atom. The summed E-state index contributed by atoms with van der Waals surface area (Å²) in [5.74, 6) is 1.31. The zero-order valence-electron chi connectivity index (χ0n) is 19.0. The van der Waals surface area contributed by atoms with Crippen LogP contribution in [0, 0.1) is 12.8 Å². The molecule has 0 radical (unpaired) electrons. The lowest BCUT2D eigenvalue weighted by atomic mass is 10.0. The molecule has 2 aromatic heterocycles. The van der Waals surface area contributed by atoms with Gasteiger partial charge in [0, 0.05) is 19.2 Å². The van der Waals surface area contributed by atoms with Crippen molar-refractivity contribution >= 4 is 28.3 Å². The molecule has 2 heterocycles. The van der Waals surface area contributed by atoms with E-state index in [2.05, 4.69) is 5.32 Å². The van der Waals surface area contributed by atoms with E-state index in [0.717, 1.165) is 41.6 Å². The van der Waals surface area contributed by atoms with Crippen LogP contribution in [0.1, 0.15) is 65.2 Å². The average molecular weight is 468 g/mol. The van der Waals surface area contributed by atoms with Crippen molar-refractivity contribution in [3.8, 4) is 11.3 Å². The molecule has 1 unspecified atom stereocenters. The molecule has 0 saturated heterocycles. The normalized spacial score (nSPS) is 17.0. The fraction of sp³-hybridized carbons (Fsp3) is 0.440. The summed E-state index contributed by atoms with van der Waals surface area (Å²) in [7, 11) is 1.61. The lowest BCUT2D eigenvalue weighted by molar-refractivity contribution is 0.0964. The molecule has 8 heteroatoms. The number of aromatic nitrogens is 1. The van der Waals surface area contributed by atoms with Crippen molar-refractivity contribution in [1.82, 2.24) is 14.6 Å². The number of furan rings is 1. The van der Waals surface area contributed by atoms with Gasteiger partial charge in [0.25, 0.3) is 5.91 Å². The van der Waals surface area contributed by atoms with Crippen molar-refractivity contribution in [3.63, 3.8) is 0 Å². The van der Waals surface area contributed by atoms with Gasteiger partial charge in [-0.1, -0.05) is 42.7 Å². The van der Waals surface area contributed by atoms with Crippen LogP contribution in [0.5, 0.6) is 0 Å². The van der Waals surface area contributed by atoms with Crippen LogP contribution in [0.25, 0.3) is 22.4 Å². The third kappa shape index (κ3) is 4.74. The van der Waals surface area contributed by atoms with Crippen LogP contribution in [0.15, 0.2) is 34.7 Å². The second-order valence-corrected chi connectivity index (χ2v) is 10.2. The topological polar surface area (TPSA) is 95.7 Å². The van der Waals surface area contributed by atoms with E-state index in [1.807, 2.05) is 37.3 Å². The SMILES string of the molecule is CNC(=O)c1c(-c2ccc(C)cc2)oc2nc(CN(CCC3CC3)S(=O)O)c(C3CC3)cc12. The number of hydrogen-bond acceptors (Lipinski definition) is 4. The molecule has 2 fully saturated rings. The summed E-state index contributed by atoms with van der Waals surface area (Å²) in [4.78, 5) is 17.7. The number of amides is 1. The number of rotatable bonds is 9. The van der Waals surface area contributed by atoms with Gasteiger partial charge in [-0.05, 0) is 49.7 Å². The third-order valence-electron chi connectivity index (χ3n) is 6.61. The molecule has 2 aliphatic carbocycles. The van der Waals surface area contributed by atoms with Gasteiger partial charge in [0.05, 0.1) is 23.2 Å². The summed E-state index contributed by atoms with van der Waals surface area (Å²) in [5, 5.41) is 3.42. The molecule has 33 heavy (non-hydrogen) atoms. The highest BCUT2D eigenvalue weighted by atomic mass is 32.2. The monoisotopic (exact) mass is 467 g/mol. The van der Waals surface area contributed by atoms with Crippen molar-refractivity contribution in [2.24, 2.45) is 5.92 Å². The summed E-state index contributed by atoms with van der Waals surface area (Å²) < 4.78 is 29.6. The molecule has 2 saturated carbocycles. The number of pyridine rings is 1. The maximum absolute atomic E-state index is 12.9. The van der Waals surface area contributed by atoms with E-state index in [1.54, 1.807) is 11.4 Å². The minimum atomic E-state index is -2.07. The van der Waals surface area contributed by atoms with Gasteiger partial charge in [0.1, 0.15) is 5.76 Å². The molecule has 174 valence electrons. The van der Waals surface area contributed by atoms with Gasteiger partial charge < -0.3 is 9.73 Å². The summed E-state index contributed by atoms with van der Waals surface area (Å²) in [5.41, 5.74) is 4.61. The lowest BCUT2D eigenvalue weighted by Crippen LogP contribution is -2.27. The van der Waals surface area contributed by atoms with Gasteiger partial charge in [-0.25, -0.2) is 9.19 Å². The minimum Gasteiger partial charge on any atom is -0.437 e. The van der Waals surface area contributed by atoms with Gasteiger partial charge >= 0.3 is 0 Å². The van der Waals surface area contributed by atoms with Crippen molar-refractivity contribution in [1.29, 1.82) is 0 Å². The van der Waals surface area contributed by atoms with Gasteiger partial charge in [-0.2, -0.15) is 4.31 Å². The van der Waals surface area contributed by atoms with Crippen molar-refractivity contribution in [2.45, 2.75) is 51.5 Å². The largest absolute Gasteiger partial charge is 0.437 e. The second-order valence-electron chi connectivity index (χ2n) is 9.23. The zero-order valence-corrected chi connectivity index (χ0v) is 19.8. The number of carbonyl (C=O) groups is 1. The molecule has 1 amide bonds. The molecule has 3 aromatic rings. The molecular weight excluding hydrogens is 438 g/mol. The first-order valence-electron chi connectivity index (χ1n) is 11.6. The minimum absolute atomic E-state index is 0.219. The zero-order chi connectivity index (χ0) is 23.1. The van der Waals surface area contributed by atoms with E-state index in [1.165, 1.54) is 12.8 Å². The number of hydrogen-bond donors (Lipinski definition) is 2.